The van der Waals surface area contributed by atoms with E-state index >= 15 is 0 Å². The zero-order valence-corrected chi connectivity index (χ0v) is 9.39. The van der Waals surface area contributed by atoms with Crippen LogP contribution in [0.4, 0.5) is 11.4 Å². The Morgan fingerprint density at radius 3 is 2.12 bits per heavy atom. The summed E-state index contributed by atoms with van der Waals surface area (Å²) in [5.41, 5.74) is -0.407. The molecule has 0 heterocycles. The first-order chi connectivity index (χ1) is 7.23. The van der Waals surface area contributed by atoms with Crippen LogP contribution in [-0.2, 0) is 4.87 Å². The summed E-state index contributed by atoms with van der Waals surface area (Å²) in [5.74, 6) is 0. The maximum Gasteiger partial charge on any atom is 0.281 e. The summed E-state index contributed by atoms with van der Waals surface area (Å²) in [6.45, 7) is 3.17. The fourth-order valence-electron chi connectivity index (χ4n) is 1.29. The average molecular weight is 245 g/mol. The fourth-order valence-corrected chi connectivity index (χ4v) is 1.45. The van der Waals surface area contributed by atoms with Gasteiger partial charge in [0, 0.05) is 6.07 Å². The second-order valence-electron chi connectivity index (χ2n) is 3.69. The number of nitro benzene ring substituents is 2. The van der Waals surface area contributed by atoms with Crippen LogP contribution in [0.25, 0.3) is 0 Å². The van der Waals surface area contributed by atoms with Gasteiger partial charge in [-0.2, -0.15) is 0 Å². The van der Waals surface area contributed by atoms with Gasteiger partial charge in [0.05, 0.1) is 26.4 Å². The Balaban J connectivity index is 3.43. The van der Waals surface area contributed by atoms with Crippen molar-refractivity contribution in [3.63, 3.8) is 0 Å². The zero-order chi connectivity index (χ0) is 12.5. The van der Waals surface area contributed by atoms with Crippen molar-refractivity contribution in [3.05, 3.63) is 44.0 Å². The average Bonchev–Trinajstić information content (AvgIpc) is 2.15. The summed E-state index contributed by atoms with van der Waals surface area (Å²) in [6, 6.07) is 3.43. The fraction of sp³-hybridized carbons (Fsp3) is 0.333. The van der Waals surface area contributed by atoms with E-state index in [9.17, 15) is 20.2 Å². The maximum absolute atomic E-state index is 10.8. The van der Waals surface area contributed by atoms with Crippen molar-refractivity contribution in [1.29, 1.82) is 0 Å². The highest BCUT2D eigenvalue weighted by atomic mass is 35.5. The Labute approximate surface area is 96.1 Å². The molecular formula is C9H9ClN2O4. The number of benzene rings is 1. The summed E-state index contributed by atoms with van der Waals surface area (Å²) in [7, 11) is 0. The molecule has 0 aliphatic rings. The van der Waals surface area contributed by atoms with Crippen molar-refractivity contribution < 1.29 is 9.85 Å². The van der Waals surface area contributed by atoms with Gasteiger partial charge in [0.25, 0.3) is 11.4 Å². The van der Waals surface area contributed by atoms with Gasteiger partial charge in [-0.1, -0.05) is 0 Å². The lowest BCUT2D eigenvalue weighted by Crippen LogP contribution is -2.11. The normalized spacial score (nSPS) is 11.2. The van der Waals surface area contributed by atoms with Gasteiger partial charge in [-0.25, -0.2) is 0 Å². The minimum absolute atomic E-state index is 0.254. The molecule has 0 aromatic heterocycles. The molecule has 0 amide bonds. The number of nitro groups is 2. The van der Waals surface area contributed by atoms with Crippen molar-refractivity contribution in [2.45, 2.75) is 18.7 Å². The van der Waals surface area contributed by atoms with Crippen molar-refractivity contribution in [1.82, 2.24) is 0 Å². The van der Waals surface area contributed by atoms with E-state index in [0.29, 0.717) is 0 Å². The van der Waals surface area contributed by atoms with E-state index in [2.05, 4.69) is 0 Å². The molecule has 7 heteroatoms. The Morgan fingerprint density at radius 2 is 1.75 bits per heavy atom. The van der Waals surface area contributed by atoms with E-state index in [1.807, 2.05) is 0 Å². The van der Waals surface area contributed by atoms with E-state index in [4.69, 9.17) is 11.6 Å². The van der Waals surface area contributed by atoms with Gasteiger partial charge < -0.3 is 0 Å². The number of non-ortho nitro benzene ring substituents is 1. The quantitative estimate of drug-likeness (QED) is 0.465. The van der Waals surface area contributed by atoms with Crippen molar-refractivity contribution in [2.75, 3.05) is 0 Å². The third-order valence-corrected chi connectivity index (χ3v) is 2.23. The van der Waals surface area contributed by atoms with Crippen molar-refractivity contribution in [2.24, 2.45) is 0 Å². The molecule has 0 fully saturated rings. The first-order valence-corrected chi connectivity index (χ1v) is 4.73. The third-order valence-electron chi connectivity index (χ3n) is 2.03. The van der Waals surface area contributed by atoms with Gasteiger partial charge in [-0.15, -0.1) is 11.6 Å². The predicted molar refractivity (Wildman–Crippen MR) is 58.6 cm³/mol. The second-order valence-corrected chi connectivity index (χ2v) is 4.63. The van der Waals surface area contributed by atoms with Crippen molar-refractivity contribution in [3.8, 4) is 0 Å². The summed E-state index contributed by atoms with van der Waals surface area (Å²) in [4.78, 5) is 19.0. The largest absolute Gasteiger partial charge is 0.281 e. The molecule has 0 unspecified atom stereocenters. The summed E-state index contributed by atoms with van der Waals surface area (Å²) >= 11 is 5.97. The number of halogens is 1. The minimum atomic E-state index is -0.947. The minimum Gasteiger partial charge on any atom is -0.258 e. The van der Waals surface area contributed by atoms with Gasteiger partial charge in [0.15, 0.2) is 0 Å². The van der Waals surface area contributed by atoms with Crippen LogP contribution < -0.4 is 0 Å². The first-order valence-electron chi connectivity index (χ1n) is 4.35. The Hall–Kier alpha value is -1.69. The summed E-state index contributed by atoms with van der Waals surface area (Å²) in [6.07, 6.45) is 0. The van der Waals surface area contributed by atoms with Crippen molar-refractivity contribution >= 4 is 23.0 Å². The monoisotopic (exact) mass is 244 g/mol. The molecule has 16 heavy (non-hydrogen) atoms. The van der Waals surface area contributed by atoms with Crippen LogP contribution in [0.15, 0.2) is 18.2 Å². The Morgan fingerprint density at radius 1 is 1.19 bits per heavy atom. The van der Waals surface area contributed by atoms with Gasteiger partial charge in [0.2, 0.25) is 0 Å². The lowest BCUT2D eigenvalue weighted by molar-refractivity contribution is -0.394. The van der Waals surface area contributed by atoms with Gasteiger partial charge >= 0.3 is 0 Å². The molecule has 0 N–H and O–H groups in total. The van der Waals surface area contributed by atoms with Gasteiger partial charge in [-0.3, -0.25) is 20.2 Å². The number of hydrogen-bond acceptors (Lipinski definition) is 4. The lowest BCUT2D eigenvalue weighted by Gasteiger charge is -2.15. The SMILES string of the molecule is CC(C)(Cl)c1ccc([N+](=O)[O-])cc1[N+](=O)[O-]. The molecule has 1 aromatic rings. The molecule has 0 saturated heterocycles. The van der Waals surface area contributed by atoms with Gasteiger partial charge in [-0.05, 0) is 19.9 Å². The highest BCUT2D eigenvalue weighted by Gasteiger charge is 2.28. The Kier molecular flexibility index (Phi) is 3.14. The lowest BCUT2D eigenvalue weighted by atomic mass is 10.00. The molecule has 0 aliphatic heterocycles. The molecule has 1 aromatic carbocycles. The van der Waals surface area contributed by atoms with Crippen LogP contribution in [0.5, 0.6) is 0 Å². The molecular weight excluding hydrogens is 236 g/mol. The number of hydrogen-bond donors (Lipinski definition) is 0. The third kappa shape index (κ3) is 2.46. The summed E-state index contributed by atoms with van der Waals surface area (Å²) < 4.78 is 0. The number of nitrogens with zero attached hydrogens (tertiary/aromatic N) is 2. The highest BCUT2D eigenvalue weighted by molar-refractivity contribution is 6.23. The highest BCUT2D eigenvalue weighted by Crippen LogP contribution is 2.36. The summed E-state index contributed by atoms with van der Waals surface area (Å²) in [5, 5.41) is 21.3. The zero-order valence-electron chi connectivity index (χ0n) is 8.64. The van der Waals surface area contributed by atoms with E-state index in [-0.39, 0.29) is 16.9 Å². The maximum atomic E-state index is 10.8. The standard InChI is InChI=1S/C9H9ClN2O4/c1-9(2,10)7-4-3-6(11(13)14)5-8(7)12(15)16/h3-5H,1-2H3. The molecule has 6 nitrogen and oxygen atoms in total. The Bertz CT molecular complexity index is 453. The van der Waals surface area contributed by atoms with E-state index < -0.39 is 14.7 Å². The molecule has 0 aliphatic carbocycles. The molecule has 0 radical (unpaired) electrons. The van der Waals surface area contributed by atoms with Crippen LogP contribution in [0.2, 0.25) is 0 Å². The molecule has 86 valence electrons. The van der Waals surface area contributed by atoms with E-state index in [1.165, 1.54) is 12.1 Å². The molecule has 0 spiro atoms. The van der Waals surface area contributed by atoms with E-state index in [0.717, 1.165) is 6.07 Å². The van der Waals surface area contributed by atoms with Crippen LogP contribution in [0.3, 0.4) is 0 Å². The second kappa shape index (κ2) is 4.05. The first kappa shape index (κ1) is 12.4. The number of alkyl halides is 1. The topological polar surface area (TPSA) is 86.3 Å². The molecule has 0 atom stereocenters. The van der Waals surface area contributed by atoms with Gasteiger partial charge in [0.1, 0.15) is 0 Å². The van der Waals surface area contributed by atoms with Crippen LogP contribution in [0.1, 0.15) is 19.4 Å². The molecule has 1 rings (SSSR count). The molecule has 0 saturated carbocycles. The number of rotatable bonds is 3. The van der Waals surface area contributed by atoms with Crippen LogP contribution in [-0.4, -0.2) is 9.85 Å². The molecule has 0 bridgehead atoms. The predicted octanol–water partition coefficient (Wildman–Crippen LogP) is 2.98. The van der Waals surface area contributed by atoms with Crippen LogP contribution in [0, 0.1) is 20.2 Å². The van der Waals surface area contributed by atoms with E-state index in [1.54, 1.807) is 13.8 Å². The van der Waals surface area contributed by atoms with Crippen LogP contribution >= 0.6 is 11.6 Å². The smallest absolute Gasteiger partial charge is 0.258 e.